The first-order chi connectivity index (χ1) is 24.1. The van der Waals surface area contributed by atoms with Crippen molar-refractivity contribution in [1.29, 1.82) is 0 Å². The molecule has 0 aromatic rings. The maximum absolute atomic E-state index is 14.1. The maximum atomic E-state index is 14.1. The Labute approximate surface area is 325 Å². The number of carbonyl (C=O) groups excluding carboxylic acids is 6. The van der Waals surface area contributed by atoms with Crippen molar-refractivity contribution in [1.82, 2.24) is 36.4 Å². The molecule has 2 aliphatic heterocycles. The van der Waals surface area contributed by atoms with Gasteiger partial charge >= 0.3 is 12.1 Å². The van der Waals surface area contributed by atoms with Gasteiger partial charge in [0, 0.05) is 57.3 Å². The zero-order valence-electron chi connectivity index (χ0n) is 33.9. The number of carbonyl (C=O) groups is 6. The van der Waals surface area contributed by atoms with E-state index in [2.05, 4.69) is 54.3 Å². The van der Waals surface area contributed by atoms with Gasteiger partial charge in [-0.15, -0.1) is 0 Å². The van der Waals surface area contributed by atoms with E-state index in [1.165, 1.54) is 11.3 Å². The molecule has 14 heteroatoms. The third-order valence-electron chi connectivity index (χ3n) is 9.25. The predicted octanol–water partition coefficient (Wildman–Crippen LogP) is 4.73. The first kappa shape index (κ1) is 49.2. The monoisotopic (exact) mass is 772 g/mol. The second-order valence-electron chi connectivity index (χ2n) is 15.3. The van der Waals surface area contributed by atoms with E-state index >= 15 is 0 Å². The number of amides is 7. The number of Topliss-reactive ketones (excluding diaryl/α,β-unsaturated/α-hetero) is 1. The number of likely N-dealkylation sites (N-methyl/N-ethyl adjacent to an activating group) is 1. The minimum Gasteiger partial charge on any atom is -0.350 e. The van der Waals surface area contributed by atoms with Crippen LogP contribution in [0, 0.1) is 17.3 Å². The zero-order valence-corrected chi connectivity index (χ0v) is 35.3. The first-order valence-corrected chi connectivity index (χ1v) is 19.6. The van der Waals surface area contributed by atoms with Crippen LogP contribution in [-0.4, -0.2) is 102 Å². The van der Waals surface area contributed by atoms with Gasteiger partial charge in [-0.05, 0) is 62.7 Å². The van der Waals surface area contributed by atoms with E-state index in [1.54, 1.807) is 11.8 Å². The Hall–Kier alpha value is -2.80. The van der Waals surface area contributed by atoms with Gasteiger partial charge in [0.1, 0.15) is 12.1 Å². The summed E-state index contributed by atoms with van der Waals surface area (Å²) < 4.78 is 0. The molecule has 2 heterocycles. The standard InChI is InChI=1S/C33H57N7O6.C3H8.C2H6.V/c1-7-34-29(43)26(41)24(19-22-11-8-12-22)37-28(42)25-13-9-18-40(25)30(44)27(33(4,5)6)38-31(45)36-23(15-14-21(2)3)20-39-17-10-16-35-32(39)46;1-3-2;1-2;/h21-25,27H,7-20H2,1-6H3,(H,34,43)(H,35,46)(H,37,42)(H2,36,38,45);3H2,1-2H3;1-2H3;/t23-,24?,25-,27+;;;/m0.../s1. The number of rotatable bonds is 15. The average molecular weight is 773 g/mol. The molecule has 1 radical (unpaired) electrons. The minimum atomic E-state index is -0.950. The van der Waals surface area contributed by atoms with Crippen molar-refractivity contribution in [2.24, 2.45) is 17.3 Å². The summed E-state index contributed by atoms with van der Waals surface area (Å²) in [7, 11) is 0. The number of ketones is 1. The quantitative estimate of drug-likeness (QED) is 0.151. The van der Waals surface area contributed by atoms with E-state index in [0.29, 0.717) is 64.3 Å². The van der Waals surface area contributed by atoms with Gasteiger partial charge in [-0.3, -0.25) is 19.2 Å². The van der Waals surface area contributed by atoms with Gasteiger partial charge in [-0.25, -0.2) is 9.59 Å². The van der Waals surface area contributed by atoms with E-state index in [-0.39, 0.29) is 42.5 Å². The first-order valence-electron chi connectivity index (χ1n) is 19.6. The Morgan fingerprint density at radius 3 is 2.04 bits per heavy atom. The van der Waals surface area contributed by atoms with E-state index in [0.717, 1.165) is 32.1 Å². The van der Waals surface area contributed by atoms with Crippen molar-refractivity contribution in [3.63, 3.8) is 0 Å². The summed E-state index contributed by atoms with van der Waals surface area (Å²) in [6.45, 7) is 22.0. The van der Waals surface area contributed by atoms with Crippen LogP contribution < -0.4 is 26.6 Å². The fourth-order valence-electron chi connectivity index (χ4n) is 6.31. The summed E-state index contributed by atoms with van der Waals surface area (Å²) in [5, 5.41) is 14.1. The maximum Gasteiger partial charge on any atom is 0.317 e. The number of urea groups is 2. The molecule has 2 saturated heterocycles. The minimum absolute atomic E-state index is 0. The molecule has 7 amide bonds. The van der Waals surface area contributed by atoms with Crippen molar-refractivity contribution < 1.29 is 47.3 Å². The normalized spacial score (nSPS) is 18.8. The van der Waals surface area contributed by atoms with Crippen LogP contribution in [0.2, 0.25) is 0 Å². The van der Waals surface area contributed by atoms with Crippen molar-refractivity contribution in [2.75, 3.05) is 32.7 Å². The molecule has 0 aromatic carbocycles. The molecule has 3 aliphatic rings. The Bertz CT molecular complexity index is 1130. The molecular formula is C38H71N7O6V. The Morgan fingerprint density at radius 2 is 1.52 bits per heavy atom. The average Bonchev–Trinajstić information content (AvgIpc) is 3.55. The molecule has 0 aromatic heterocycles. The second kappa shape index (κ2) is 25.3. The summed E-state index contributed by atoms with van der Waals surface area (Å²) in [6.07, 6.45) is 7.99. The van der Waals surface area contributed by atoms with Crippen molar-refractivity contribution in [2.45, 2.75) is 158 Å². The van der Waals surface area contributed by atoms with Crippen molar-refractivity contribution in [3.8, 4) is 0 Å². The zero-order chi connectivity index (χ0) is 38.7. The van der Waals surface area contributed by atoms with E-state index in [1.807, 2.05) is 34.6 Å². The molecular weight excluding hydrogens is 701 g/mol. The number of hydrogen-bond acceptors (Lipinski definition) is 6. The van der Waals surface area contributed by atoms with Crippen LogP contribution >= 0.6 is 0 Å². The Morgan fingerprint density at radius 1 is 0.885 bits per heavy atom. The van der Waals surface area contributed by atoms with Crippen LogP contribution in [0.5, 0.6) is 0 Å². The van der Waals surface area contributed by atoms with E-state index < -0.39 is 47.2 Å². The molecule has 3 fully saturated rings. The molecule has 13 nitrogen and oxygen atoms in total. The van der Waals surface area contributed by atoms with Gasteiger partial charge < -0.3 is 36.4 Å². The van der Waals surface area contributed by atoms with Crippen LogP contribution in [0.1, 0.15) is 133 Å². The van der Waals surface area contributed by atoms with Crippen LogP contribution in [0.25, 0.3) is 0 Å². The number of likely N-dealkylation sites (tertiary alicyclic amines) is 1. The Kier molecular flexibility index (Phi) is 23.9. The summed E-state index contributed by atoms with van der Waals surface area (Å²) in [6, 6.07) is -3.66. The second-order valence-corrected chi connectivity index (χ2v) is 15.3. The van der Waals surface area contributed by atoms with Gasteiger partial charge in [0.05, 0.1) is 6.04 Å². The van der Waals surface area contributed by atoms with Crippen molar-refractivity contribution in [3.05, 3.63) is 0 Å². The van der Waals surface area contributed by atoms with E-state index in [9.17, 15) is 28.8 Å². The summed E-state index contributed by atoms with van der Waals surface area (Å²) >= 11 is 0. The fourth-order valence-corrected chi connectivity index (χ4v) is 6.31. The molecule has 299 valence electrons. The third kappa shape index (κ3) is 16.5. The van der Waals surface area contributed by atoms with Crippen molar-refractivity contribution >= 4 is 35.6 Å². The topological polar surface area (TPSA) is 169 Å². The largest absolute Gasteiger partial charge is 0.350 e. The molecule has 1 aliphatic carbocycles. The van der Waals surface area contributed by atoms with Crippen LogP contribution in [0.3, 0.4) is 0 Å². The smallest absolute Gasteiger partial charge is 0.317 e. The number of nitrogens with zero attached hydrogens (tertiary/aromatic N) is 2. The predicted molar refractivity (Wildman–Crippen MR) is 202 cm³/mol. The van der Waals surface area contributed by atoms with Crippen LogP contribution in [-0.2, 0) is 37.7 Å². The van der Waals surface area contributed by atoms with Gasteiger partial charge in [0.25, 0.3) is 5.91 Å². The summed E-state index contributed by atoms with van der Waals surface area (Å²) in [5.74, 6) is -1.54. The van der Waals surface area contributed by atoms with Gasteiger partial charge in [0.15, 0.2) is 0 Å². The molecule has 0 bridgehead atoms. The molecule has 3 rings (SSSR count). The molecule has 5 N–H and O–H groups in total. The summed E-state index contributed by atoms with van der Waals surface area (Å²) in [4.78, 5) is 82.0. The van der Waals surface area contributed by atoms with Crippen LogP contribution in [0.4, 0.5) is 9.59 Å². The molecule has 1 saturated carbocycles. The Balaban J connectivity index is 0.00000411. The van der Waals surface area contributed by atoms with Gasteiger partial charge in [0.2, 0.25) is 17.6 Å². The number of hydrogen-bond donors (Lipinski definition) is 5. The van der Waals surface area contributed by atoms with Gasteiger partial charge in [-0.2, -0.15) is 0 Å². The van der Waals surface area contributed by atoms with E-state index in [4.69, 9.17) is 0 Å². The molecule has 1 unspecified atom stereocenters. The van der Waals surface area contributed by atoms with Gasteiger partial charge in [-0.1, -0.05) is 88.0 Å². The third-order valence-corrected chi connectivity index (χ3v) is 9.25. The molecule has 52 heavy (non-hydrogen) atoms. The summed E-state index contributed by atoms with van der Waals surface area (Å²) in [5.41, 5.74) is -0.681. The molecule has 4 atom stereocenters. The molecule has 0 spiro atoms. The number of nitrogens with one attached hydrogen (secondary N) is 5. The SMILES string of the molecule is CC.CCC.CCNC(=O)C(=O)C(CC1CCC1)NC(=O)[C@@H]1CCCN1C(=O)[C@@H](NC(=O)N[C@@H](CCC(C)C)CN1CCCNC1=O)C(C)(C)C.[V]. The van der Waals surface area contributed by atoms with Crippen LogP contribution in [0.15, 0.2) is 0 Å². The fraction of sp³-hybridized carbons (Fsp3) is 0.842.